The molecule has 4 nitrogen and oxygen atoms in total. The Labute approximate surface area is 101 Å². The van der Waals surface area contributed by atoms with Gasteiger partial charge in [-0.05, 0) is 32.4 Å². The number of nitrogens with one attached hydrogen (secondary N) is 1. The Kier molecular flexibility index (Phi) is 4.26. The minimum atomic E-state index is -1.01. The van der Waals surface area contributed by atoms with E-state index < -0.39 is 12.0 Å². The highest BCUT2D eigenvalue weighted by Gasteiger charge is 2.18. The van der Waals surface area contributed by atoms with Crippen molar-refractivity contribution < 1.29 is 14.7 Å². The molecule has 0 saturated heterocycles. The fraction of sp³-hybridized carbons (Fsp3) is 0.385. The number of hydrogen-bond acceptors (Lipinski definition) is 2. The number of amides is 1. The van der Waals surface area contributed by atoms with Crippen LogP contribution in [0.5, 0.6) is 0 Å². The van der Waals surface area contributed by atoms with E-state index in [1.165, 1.54) is 0 Å². The Bertz CT molecular complexity index is 420. The van der Waals surface area contributed by atoms with Gasteiger partial charge in [-0.25, -0.2) is 4.79 Å². The number of benzene rings is 1. The standard InChI is InChI=1S/C13H17NO3/c1-4-11(13(16)17)14-12(15)10-6-8(2)5-9(3)7-10/h5-7,11H,4H2,1-3H3,(H,14,15)(H,16,17)/t11-/m1/s1. The smallest absolute Gasteiger partial charge is 0.326 e. The van der Waals surface area contributed by atoms with Crippen LogP contribution in [0.25, 0.3) is 0 Å². The van der Waals surface area contributed by atoms with Gasteiger partial charge in [0, 0.05) is 5.56 Å². The Balaban J connectivity index is 2.86. The normalized spacial score (nSPS) is 11.9. The first-order chi connectivity index (χ1) is 7.93. The summed E-state index contributed by atoms with van der Waals surface area (Å²) in [4.78, 5) is 22.7. The lowest BCUT2D eigenvalue weighted by Gasteiger charge is -2.12. The molecule has 0 heterocycles. The van der Waals surface area contributed by atoms with Gasteiger partial charge in [-0.3, -0.25) is 4.79 Å². The number of carbonyl (C=O) groups excluding carboxylic acids is 1. The van der Waals surface area contributed by atoms with E-state index in [-0.39, 0.29) is 5.91 Å². The number of carboxylic acids is 1. The van der Waals surface area contributed by atoms with Crippen LogP contribution in [0.15, 0.2) is 18.2 Å². The van der Waals surface area contributed by atoms with Crippen LogP contribution in [0.1, 0.15) is 34.8 Å². The van der Waals surface area contributed by atoms with E-state index in [2.05, 4.69) is 5.32 Å². The maximum atomic E-state index is 11.8. The van der Waals surface area contributed by atoms with Gasteiger partial charge >= 0.3 is 5.97 Å². The van der Waals surface area contributed by atoms with Gasteiger partial charge in [-0.2, -0.15) is 0 Å². The zero-order chi connectivity index (χ0) is 13.0. The van der Waals surface area contributed by atoms with Gasteiger partial charge in [0.05, 0.1) is 0 Å². The monoisotopic (exact) mass is 235 g/mol. The summed E-state index contributed by atoms with van der Waals surface area (Å²) >= 11 is 0. The topological polar surface area (TPSA) is 66.4 Å². The molecule has 1 aromatic carbocycles. The number of carbonyl (C=O) groups is 2. The lowest BCUT2D eigenvalue weighted by atomic mass is 10.1. The number of rotatable bonds is 4. The van der Waals surface area contributed by atoms with Crippen LogP contribution in [0.2, 0.25) is 0 Å². The van der Waals surface area contributed by atoms with Crippen molar-refractivity contribution in [3.05, 3.63) is 34.9 Å². The van der Waals surface area contributed by atoms with E-state index in [0.29, 0.717) is 12.0 Å². The van der Waals surface area contributed by atoms with Gasteiger partial charge in [0.25, 0.3) is 5.91 Å². The van der Waals surface area contributed by atoms with Gasteiger partial charge in [-0.1, -0.05) is 24.1 Å². The summed E-state index contributed by atoms with van der Waals surface area (Å²) in [5, 5.41) is 11.4. The second kappa shape index (κ2) is 5.48. The molecule has 1 rings (SSSR count). The molecular weight excluding hydrogens is 218 g/mol. The van der Waals surface area contributed by atoms with Crippen LogP contribution in [0.3, 0.4) is 0 Å². The molecule has 4 heteroatoms. The maximum absolute atomic E-state index is 11.8. The van der Waals surface area contributed by atoms with Gasteiger partial charge in [0.2, 0.25) is 0 Å². The molecule has 0 saturated carbocycles. The van der Waals surface area contributed by atoms with Gasteiger partial charge in [0.1, 0.15) is 6.04 Å². The summed E-state index contributed by atoms with van der Waals surface area (Å²) in [5.41, 5.74) is 2.47. The maximum Gasteiger partial charge on any atom is 0.326 e. The van der Waals surface area contributed by atoms with E-state index in [1.54, 1.807) is 19.1 Å². The molecule has 0 fully saturated rings. The molecule has 0 bridgehead atoms. The summed E-state index contributed by atoms with van der Waals surface area (Å²) < 4.78 is 0. The highest BCUT2D eigenvalue weighted by molar-refractivity contribution is 5.96. The summed E-state index contributed by atoms with van der Waals surface area (Å²) in [6.07, 6.45) is 0.367. The SMILES string of the molecule is CC[C@@H](NC(=O)c1cc(C)cc(C)c1)C(=O)O. The largest absolute Gasteiger partial charge is 0.480 e. The van der Waals surface area contributed by atoms with Crippen LogP contribution >= 0.6 is 0 Å². The zero-order valence-corrected chi connectivity index (χ0v) is 10.3. The molecule has 92 valence electrons. The van der Waals surface area contributed by atoms with Crippen LogP contribution in [0, 0.1) is 13.8 Å². The van der Waals surface area contributed by atoms with E-state index in [4.69, 9.17) is 5.11 Å². The van der Waals surface area contributed by atoms with Gasteiger partial charge in [-0.15, -0.1) is 0 Å². The molecule has 0 aliphatic carbocycles. The van der Waals surface area contributed by atoms with Gasteiger partial charge in [0.15, 0.2) is 0 Å². The van der Waals surface area contributed by atoms with Crippen molar-refractivity contribution in [2.75, 3.05) is 0 Å². The first-order valence-corrected chi connectivity index (χ1v) is 5.56. The van der Waals surface area contributed by atoms with Crippen LogP contribution < -0.4 is 5.32 Å². The second-order valence-corrected chi connectivity index (χ2v) is 4.15. The molecule has 2 N–H and O–H groups in total. The second-order valence-electron chi connectivity index (χ2n) is 4.15. The number of aryl methyl sites for hydroxylation is 2. The first-order valence-electron chi connectivity index (χ1n) is 5.56. The first kappa shape index (κ1) is 13.2. The van der Waals surface area contributed by atoms with Crippen molar-refractivity contribution in [3.8, 4) is 0 Å². The average Bonchev–Trinajstić information content (AvgIpc) is 2.23. The Morgan fingerprint density at radius 1 is 1.24 bits per heavy atom. The lowest BCUT2D eigenvalue weighted by molar-refractivity contribution is -0.139. The lowest BCUT2D eigenvalue weighted by Crippen LogP contribution is -2.40. The molecule has 17 heavy (non-hydrogen) atoms. The molecule has 1 atom stereocenters. The predicted octanol–water partition coefficient (Wildman–Crippen LogP) is 1.90. The van der Waals surface area contributed by atoms with Crippen LogP contribution in [0.4, 0.5) is 0 Å². The Morgan fingerprint density at radius 2 is 1.76 bits per heavy atom. The van der Waals surface area contributed by atoms with E-state index in [0.717, 1.165) is 11.1 Å². The Morgan fingerprint density at radius 3 is 2.18 bits per heavy atom. The minimum Gasteiger partial charge on any atom is -0.480 e. The predicted molar refractivity (Wildman–Crippen MR) is 65.1 cm³/mol. The van der Waals surface area contributed by atoms with E-state index in [1.807, 2.05) is 19.9 Å². The fourth-order valence-electron chi connectivity index (χ4n) is 1.69. The quantitative estimate of drug-likeness (QED) is 0.837. The van der Waals surface area contributed by atoms with Crippen molar-refractivity contribution in [3.63, 3.8) is 0 Å². The summed E-state index contributed by atoms with van der Waals surface area (Å²) in [7, 11) is 0. The van der Waals surface area contributed by atoms with Gasteiger partial charge < -0.3 is 10.4 Å². The minimum absolute atomic E-state index is 0.342. The summed E-state index contributed by atoms with van der Waals surface area (Å²) in [5.74, 6) is -1.35. The van der Waals surface area contributed by atoms with Crippen LogP contribution in [-0.4, -0.2) is 23.0 Å². The summed E-state index contributed by atoms with van der Waals surface area (Å²) in [6, 6.07) is 4.63. The van der Waals surface area contributed by atoms with Crippen molar-refractivity contribution in [1.82, 2.24) is 5.32 Å². The fourth-order valence-corrected chi connectivity index (χ4v) is 1.69. The molecule has 1 aromatic rings. The molecule has 1 amide bonds. The highest BCUT2D eigenvalue weighted by atomic mass is 16.4. The molecule has 0 radical (unpaired) electrons. The summed E-state index contributed by atoms with van der Waals surface area (Å²) in [6.45, 7) is 5.52. The number of aliphatic carboxylic acids is 1. The van der Waals surface area contributed by atoms with Crippen molar-refractivity contribution in [2.45, 2.75) is 33.2 Å². The molecule has 0 aromatic heterocycles. The molecule has 0 unspecified atom stereocenters. The molecule has 0 aliphatic rings. The molecular formula is C13H17NO3. The van der Waals surface area contributed by atoms with E-state index in [9.17, 15) is 9.59 Å². The third-order valence-corrected chi connectivity index (χ3v) is 2.50. The third-order valence-electron chi connectivity index (χ3n) is 2.50. The van der Waals surface area contributed by atoms with Crippen LogP contribution in [-0.2, 0) is 4.79 Å². The zero-order valence-electron chi connectivity index (χ0n) is 10.3. The third kappa shape index (κ3) is 3.59. The number of carboxylic acid groups (broad SMARTS) is 1. The van der Waals surface area contributed by atoms with Crippen molar-refractivity contribution >= 4 is 11.9 Å². The molecule has 0 spiro atoms. The van der Waals surface area contributed by atoms with E-state index >= 15 is 0 Å². The average molecular weight is 235 g/mol. The van der Waals surface area contributed by atoms with Crippen molar-refractivity contribution in [1.29, 1.82) is 0 Å². The Hall–Kier alpha value is -1.84. The number of hydrogen-bond donors (Lipinski definition) is 2. The van der Waals surface area contributed by atoms with Crippen molar-refractivity contribution in [2.24, 2.45) is 0 Å². The highest BCUT2D eigenvalue weighted by Crippen LogP contribution is 2.09. The molecule has 0 aliphatic heterocycles.